The molecule has 1 heterocycles. The molecule has 0 radical (unpaired) electrons. The smallest absolute Gasteiger partial charge is 0.344 e. The van der Waals surface area contributed by atoms with Crippen LogP contribution >= 0.6 is 7.60 Å². The van der Waals surface area contributed by atoms with Crippen molar-refractivity contribution >= 4 is 31.1 Å². The van der Waals surface area contributed by atoms with Gasteiger partial charge in [0, 0.05) is 12.1 Å². The van der Waals surface area contributed by atoms with Crippen molar-refractivity contribution in [3.05, 3.63) is 39.9 Å². The summed E-state index contributed by atoms with van der Waals surface area (Å²) in [6.45, 7) is 5.70. The van der Waals surface area contributed by atoms with Crippen molar-refractivity contribution in [2.24, 2.45) is 0 Å². The Morgan fingerprint density at radius 1 is 1.00 bits per heavy atom. The molecule has 33 heavy (non-hydrogen) atoms. The number of nitrogens with one attached hydrogen (secondary N) is 1. The average Bonchev–Trinajstić information content (AvgIpc) is 3.09. The number of carbonyl (C=O) groups excluding carboxylic acids is 3. The van der Waals surface area contributed by atoms with Gasteiger partial charge in [-0.05, 0) is 33.3 Å². The molecule has 2 rings (SSSR count). The van der Waals surface area contributed by atoms with E-state index in [4.69, 9.17) is 18.5 Å². The molecular weight excluding hydrogens is 459 g/mol. The molecule has 1 aromatic rings. The Balaban J connectivity index is 2.83. The lowest BCUT2D eigenvalue weighted by Gasteiger charge is -2.33. The zero-order valence-electron chi connectivity index (χ0n) is 18.8. The third-order valence-corrected chi connectivity index (χ3v) is 7.44. The second kappa shape index (κ2) is 10.9. The van der Waals surface area contributed by atoms with Gasteiger partial charge in [0.2, 0.25) is 11.4 Å². The Bertz CT molecular complexity index is 921. The summed E-state index contributed by atoms with van der Waals surface area (Å²) in [4.78, 5) is 50.0. The van der Waals surface area contributed by atoms with Crippen LogP contribution < -0.4 is 5.32 Å². The van der Waals surface area contributed by atoms with Gasteiger partial charge in [0.15, 0.2) is 5.66 Å². The standard InChI is InChI=1S/C20H27N2O10P/c1-5-29-18(24)20(19(25)30-6-2)15(13-9-11-14(12-10-13)22(26)27)16(17(23)21-20)33(28,31-7-3)32-8-4/h9-12,15-16H,5-8H2,1-4H3,(H,21,23)/t15-,16-/m1/s1. The normalized spacial score (nSPS) is 19.6. The molecule has 1 amide bonds. The molecule has 1 fully saturated rings. The molecule has 0 aliphatic carbocycles. The highest BCUT2D eigenvalue weighted by atomic mass is 31.2. The highest BCUT2D eigenvalue weighted by molar-refractivity contribution is 7.56. The Hall–Kier alpha value is -2.82. The Kier molecular flexibility index (Phi) is 8.70. The van der Waals surface area contributed by atoms with Crippen LogP contribution in [0.3, 0.4) is 0 Å². The van der Waals surface area contributed by atoms with Gasteiger partial charge in [-0.1, -0.05) is 12.1 Å². The fraction of sp³-hybridized carbons (Fsp3) is 0.550. The first-order chi connectivity index (χ1) is 15.6. The van der Waals surface area contributed by atoms with Crippen molar-refractivity contribution in [3.8, 4) is 0 Å². The molecule has 1 aliphatic heterocycles. The highest BCUT2D eigenvalue weighted by Crippen LogP contribution is 2.62. The van der Waals surface area contributed by atoms with E-state index in [1.54, 1.807) is 13.8 Å². The fourth-order valence-corrected chi connectivity index (χ4v) is 6.01. The topological polar surface area (TPSA) is 160 Å². The van der Waals surface area contributed by atoms with Crippen molar-refractivity contribution in [3.63, 3.8) is 0 Å². The van der Waals surface area contributed by atoms with Gasteiger partial charge in [-0.3, -0.25) is 19.5 Å². The molecule has 12 nitrogen and oxygen atoms in total. The fourth-order valence-electron chi connectivity index (χ4n) is 3.78. The highest BCUT2D eigenvalue weighted by Gasteiger charge is 2.70. The molecule has 1 aromatic carbocycles. The third-order valence-electron chi connectivity index (χ3n) is 4.99. The number of non-ortho nitro benzene ring substituents is 1. The van der Waals surface area contributed by atoms with Gasteiger partial charge in [-0.2, -0.15) is 0 Å². The number of esters is 2. The summed E-state index contributed by atoms with van der Waals surface area (Å²) in [6.07, 6.45) is 0. The maximum atomic E-state index is 13.7. The summed E-state index contributed by atoms with van der Waals surface area (Å²) in [7, 11) is -4.23. The lowest BCUT2D eigenvalue weighted by atomic mass is 9.80. The van der Waals surface area contributed by atoms with Crippen LogP contribution in [0.4, 0.5) is 5.69 Å². The number of benzene rings is 1. The predicted molar refractivity (Wildman–Crippen MR) is 115 cm³/mol. The molecule has 182 valence electrons. The number of hydrogen-bond donors (Lipinski definition) is 1. The lowest BCUT2D eigenvalue weighted by molar-refractivity contribution is -0.384. The van der Waals surface area contributed by atoms with Crippen molar-refractivity contribution in [1.29, 1.82) is 0 Å². The Morgan fingerprint density at radius 3 is 1.88 bits per heavy atom. The molecule has 0 aromatic heterocycles. The van der Waals surface area contributed by atoms with Crippen molar-refractivity contribution in [2.75, 3.05) is 26.4 Å². The van der Waals surface area contributed by atoms with Crippen LogP contribution in [-0.4, -0.2) is 60.4 Å². The predicted octanol–water partition coefficient (Wildman–Crippen LogP) is 2.31. The minimum atomic E-state index is -4.23. The van der Waals surface area contributed by atoms with Gasteiger partial charge >= 0.3 is 19.5 Å². The molecule has 1 aliphatic rings. The van der Waals surface area contributed by atoms with E-state index >= 15 is 0 Å². The first kappa shape index (κ1) is 26.4. The van der Waals surface area contributed by atoms with E-state index in [-0.39, 0.29) is 37.7 Å². The summed E-state index contributed by atoms with van der Waals surface area (Å²) in [5.74, 6) is -4.65. The SMILES string of the molecule is CCOC(=O)C1(C(=O)OCC)NC(=O)[C@H](P(=O)(OCC)OCC)[C@H]1c1ccc([N+](=O)[O-])cc1. The van der Waals surface area contributed by atoms with E-state index in [9.17, 15) is 29.1 Å². The minimum absolute atomic E-state index is 0.0835. The summed E-state index contributed by atoms with van der Waals surface area (Å²) >= 11 is 0. The van der Waals surface area contributed by atoms with Crippen molar-refractivity contribution in [1.82, 2.24) is 5.32 Å². The van der Waals surface area contributed by atoms with E-state index in [0.29, 0.717) is 0 Å². The molecule has 0 bridgehead atoms. The van der Waals surface area contributed by atoms with Crippen molar-refractivity contribution in [2.45, 2.75) is 44.8 Å². The van der Waals surface area contributed by atoms with E-state index in [0.717, 1.165) is 12.1 Å². The Morgan fingerprint density at radius 2 is 1.48 bits per heavy atom. The summed E-state index contributed by atoms with van der Waals surface area (Å²) in [6, 6.07) is 4.82. The van der Waals surface area contributed by atoms with Crippen LogP contribution in [0.1, 0.15) is 39.2 Å². The summed E-state index contributed by atoms with van der Waals surface area (Å²) in [5, 5.41) is 13.4. The van der Waals surface area contributed by atoms with Crippen LogP contribution in [0.2, 0.25) is 0 Å². The molecule has 0 spiro atoms. The quantitative estimate of drug-likeness (QED) is 0.162. The molecular formula is C20H27N2O10P. The van der Waals surface area contributed by atoms with Crippen LogP contribution in [0.5, 0.6) is 0 Å². The monoisotopic (exact) mass is 486 g/mol. The van der Waals surface area contributed by atoms with E-state index in [1.807, 2.05) is 0 Å². The average molecular weight is 486 g/mol. The van der Waals surface area contributed by atoms with Crippen molar-refractivity contribution < 1.29 is 42.4 Å². The van der Waals surface area contributed by atoms with Crippen LogP contribution in [0.15, 0.2) is 24.3 Å². The van der Waals surface area contributed by atoms with Gasteiger partial charge in [-0.25, -0.2) is 9.59 Å². The largest absolute Gasteiger partial charge is 0.464 e. The van der Waals surface area contributed by atoms with E-state index in [1.165, 1.54) is 26.0 Å². The van der Waals surface area contributed by atoms with Gasteiger partial charge in [0.1, 0.15) is 0 Å². The van der Waals surface area contributed by atoms with Gasteiger partial charge in [0.25, 0.3) is 5.69 Å². The van der Waals surface area contributed by atoms with E-state index < -0.39 is 47.5 Å². The number of nitro groups is 1. The number of hydrogen-bond acceptors (Lipinski definition) is 10. The maximum absolute atomic E-state index is 13.7. The Labute approximate surface area is 190 Å². The second-order valence-corrected chi connectivity index (χ2v) is 9.04. The number of nitrogens with zero attached hydrogens (tertiary/aromatic N) is 1. The molecule has 0 saturated carbocycles. The number of carbonyl (C=O) groups is 3. The molecule has 0 unspecified atom stereocenters. The van der Waals surface area contributed by atoms with Crippen LogP contribution in [0, 0.1) is 10.1 Å². The number of ether oxygens (including phenoxy) is 2. The second-order valence-electron chi connectivity index (χ2n) is 6.88. The maximum Gasteiger partial charge on any atom is 0.344 e. The molecule has 2 atom stereocenters. The zero-order valence-corrected chi connectivity index (χ0v) is 19.7. The van der Waals surface area contributed by atoms with Gasteiger partial charge in [0.05, 0.1) is 37.3 Å². The van der Waals surface area contributed by atoms with Gasteiger partial charge in [-0.15, -0.1) is 0 Å². The van der Waals surface area contributed by atoms with E-state index in [2.05, 4.69) is 5.32 Å². The third kappa shape index (κ3) is 4.92. The van der Waals surface area contributed by atoms with Gasteiger partial charge < -0.3 is 23.8 Å². The van der Waals surface area contributed by atoms with Crippen LogP contribution in [0.25, 0.3) is 0 Å². The number of nitro benzene ring substituents is 1. The minimum Gasteiger partial charge on any atom is -0.464 e. The lowest BCUT2D eigenvalue weighted by Crippen LogP contribution is -2.60. The number of rotatable bonds is 11. The number of amides is 1. The summed E-state index contributed by atoms with van der Waals surface area (Å²) in [5.41, 5.74) is -4.17. The van der Waals surface area contributed by atoms with Crippen LogP contribution in [-0.2, 0) is 37.5 Å². The zero-order chi connectivity index (χ0) is 24.8. The molecule has 13 heteroatoms. The first-order valence-corrected chi connectivity index (χ1v) is 12.0. The first-order valence-electron chi connectivity index (χ1n) is 10.4. The molecule has 1 saturated heterocycles. The summed E-state index contributed by atoms with van der Waals surface area (Å²) < 4.78 is 34.7. The molecule has 1 N–H and O–H groups in total.